The Labute approximate surface area is 132 Å². The highest BCUT2D eigenvalue weighted by Crippen LogP contribution is 2.37. The van der Waals surface area contributed by atoms with Crippen LogP contribution in [0, 0.1) is 12.3 Å². The maximum atomic E-state index is 12.2. The summed E-state index contributed by atoms with van der Waals surface area (Å²) < 4.78 is 5.44. The summed E-state index contributed by atoms with van der Waals surface area (Å²) >= 11 is 0. The zero-order valence-corrected chi connectivity index (χ0v) is 13.6. The number of benzene rings is 1. The average molecular weight is 306 g/mol. The number of aryl methyl sites for hydroxylation is 1. The van der Waals surface area contributed by atoms with Crippen molar-refractivity contribution in [2.75, 3.05) is 18.5 Å². The van der Waals surface area contributed by atoms with E-state index in [2.05, 4.69) is 10.6 Å². The van der Waals surface area contributed by atoms with Crippen molar-refractivity contribution in [1.82, 2.24) is 5.32 Å². The summed E-state index contributed by atoms with van der Waals surface area (Å²) in [7, 11) is 0. The van der Waals surface area contributed by atoms with Gasteiger partial charge in [-0.05, 0) is 50.5 Å². The number of anilines is 1. The first-order valence-corrected chi connectivity index (χ1v) is 7.90. The van der Waals surface area contributed by atoms with Crippen LogP contribution in [0.4, 0.5) is 10.5 Å². The summed E-state index contributed by atoms with van der Waals surface area (Å²) in [6.07, 6.45) is 2.88. The molecule has 0 aliphatic heterocycles. The van der Waals surface area contributed by atoms with Crippen LogP contribution in [0.15, 0.2) is 18.2 Å². The second kappa shape index (κ2) is 7.01. The van der Waals surface area contributed by atoms with E-state index in [4.69, 9.17) is 4.74 Å². The van der Waals surface area contributed by atoms with E-state index in [9.17, 15) is 9.90 Å². The van der Waals surface area contributed by atoms with E-state index in [-0.39, 0.29) is 24.1 Å². The van der Waals surface area contributed by atoms with E-state index in [1.54, 1.807) is 0 Å². The molecule has 0 bridgehead atoms. The van der Waals surface area contributed by atoms with E-state index in [1.807, 2.05) is 39.0 Å². The summed E-state index contributed by atoms with van der Waals surface area (Å²) in [5.41, 5.74) is 1.51. The summed E-state index contributed by atoms with van der Waals surface area (Å²) in [5.74, 6) is 0.801. The lowest BCUT2D eigenvalue weighted by Gasteiger charge is -2.30. The zero-order valence-electron chi connectivity index (χ0n) is 13.6. The molecule has 1 aliphatic carbocycles. The fraction of sp³-hybridized carbons (Fsp3) is 0.588. The van der Waals surface area contributed by atoms with Crippen LogP contribution in [-0.2, 0) is 0 Å². The number of nitrogens with one attached hydrogen (secondary N) is 2. The monoisotopic (exact) mass is 306 g/mol. The molecule has 1 saturated carbocycles. The molecule has 3 N–H and O–H groups in total. The van der Waals surface area contributed by atoms with Gasteiger partial charge in [0.25, 0.3) is 0 Å². The van der Waals surface area contributed by atoms with Crippen molar-refractivity contribution in [2.24, 2.45) is 5.41 Å². The first-order valence-electron chi connectivity index (χ1n) is 7.90. The van der Waals surface area contributed by atoms with Crippen LogP contribution in [0.3, 0.4) is 0 Å². The zero-order chi connectivity index (χ0) is 16.2. The van der Waals surface area contributed by atoms with E-state index >= 15 is 0 Å². The van der Waals surface area contributed by atoms with Gasteiger partial charge in [-0.15, -0.1) is 0 Å². The second-order valence-corrected chi connectivity index (χ2v) is 6.27. The molecule has 0 spiro atoms. The molecule has 2 atom stereocenters. The number of rotatable bonds is 5. The maximum absolute atomic E-state index is 12.2. The Hall–Kier alpha value is -1.75. The summed E-state index contributed by atoms with van der Waals surface area (Å²) in [4.78, 5) is 12.2. The molecular formula is C17H26N2O3. The molecular weight excluding hydrogens is 280 g/mol. The van der Waals surface area contributed by atoms with E-state index in [0.29, 0.717) is 6.61 Å². The Kier molecular flexibility index (Phi) is 5.29. The molecule has 1 fully saturated rings. The quantitative estimate of drug-likeness (QED) is 0.783. The molecule has 0 saturated heterocycles. The van der Waals surface area contributed by atoms with Gasteiger partial charge in [0.05, 0.1) is 13.2 Å². The number of urea groups is 1. The number of hydrogen-bond acceptors (Lipinski definition) is 3. The summed E-state index contributed by atoms with van der Waals surface area (Å²) in [5, 5.41) is 15.4. The van der Waals surface area contributed by atoms with Crippen LogP contribution < -0.4 is 15.4 Å². The lowest BCUT2D eigenvalue weighted by molar-refractivity contribution is 0.122. The minimum atomic E-state index is -0.223. The summed E-state index contributed by atoms with van der Waals surface area (Å²) in [6, 6.07) is 5.39. The lowest BCUT2D eigenvalue weighted by atomic mass is 9.86. The van der Waals surface area contributed by atoms with Crippen LogP contribution in [0.25, 0.3) is 0 Å². The highest BCUT2D eigenvalue weighted by atomic mass is 16.5. The molecule has 1 aromatic rings. The van der Waals surface area contributed by atoms with Gasteiger partial charge < -0.3 is 20.5 Å². The number of hydrogen-bond donors (Lipinski definition) is 3. The van der Waals surface area contributed by atoms with Crippen molar-refractivity contribution >= 4 is 11.7 Å². The third-order valence-electron chi connectivity index (χ3n) is 4.51. The van der Waals surface area contributed by atoms with Crippen molar-refractivity contribution in [3.63, 3.8) is 0 Å². The Morgan fingerprint density at radius 2 is 2.27 bits per heavy atom. The molecule has 0 heterocycles. The van der Waals surface area contributed by atoms with Gasteiger partial charge in [-0.2, -0.15) is 0 Å². The van der Waals surface area contributed by atoms with Crippen molar-refractivity contribution < 1.29 is 14.6 Å². The number of amides is 2. The van der Waals surface area contributed by atoms with Crippen molar-refractivity contribution in [1.29, 1.82) is 0 Å². The highest BCUT2D eigenvalue weighted by molar-refractivity contribution is 5.90. The fourth-order valence-electron chi connectivity index (χ4n) is 3.02. The molecule has 122 valence electrons. The third kappa shape index (κ3) is 3.71. The molecule has 5 heteroatoms. The number of carbonyl (C=O) groups is 1. The largest absolute Gasteiger partial charge is 0.494 e. The fourth-order valence-corrected chi connectivity index (χ4v) is 3.02. The Balaban J connectivity index is 1.97. The van der Waals surface area contributed by atoms with Gasteiger partial charge >= 0.3 is 6.03 Å². The average Bonchev–Trinajstić information content (AvgIpc) is 2.84. The summed E-state index contributed by atoms with van der Waals surface area (Å²) in [6.45, 7) is 6.61. The number of carbonyl (C=O) groups excluding carboxylic acids is 1. The van der Waals surface area contributed by atoms with Gasteiger partial charge in [-0.1, -0.05) is 13.3 Å². The second-order valence-electron chi connectivity index (χ2n) is 6.27. The molecule has 5 nitrogen and oxygen atoms in total. The van der Waals surface area contributed by atoms with Gasteiger partial charge in [0.15, 0.2) is 0 Å². The predicted octanol–water partition coefficient (Wildman–Crippen LogP) is 3.07. The molecule has 0 radical (unpaired) electrons. The SMILES string of the molecule is CCOc1ccc(NC(=O)NC2CCCC2(C)CO)c(C)c1. The van der Waals surface area contributed by atoms with Crippen molar-refractivity contribution in [3.8, 4) is 5.75 Å². The van der Waals surface area contributed by atoms with Gasteiger partial charge in [-0.25, -0.2) is 4.79 Å². The molecule has 2 rings (SSSR count). The van der Waals surface area contributed by atoms with Crippen molar-refractivity contribution in [2.45, 2.75) is 46.1 Å². The van der Waals surface area contributed by atoms with Crippen LogP contribution in [-0.4, -0.2) is 30.4 Å². The minimum absolute atomic E-state index is 0.0144. The van der Waals surface area contributed by atoms with Crippen LogP contribution in [0.5, 0.6) is 5.75 Å². The maximum Gasteiger partial charge on any atom is 0.319 e. The Morgan fingerprint density at radius 3 is 2.91 bits per heavy atom. The molecule has 22 heavy (non-hydrogen) atoms. The lowest BCUT2D eigenvalue weighted by Crippen LogP contribution is -2.46. The minimum Gasteiger partial charge on any atom is -0.494 e. The van der Waals surface area contributed by atoms with Crippen molar-refractivity contribution in [3.05, 3.63) is 23.8 Å². The molecule has 1 aliphatic rings. The Morgan fingerprint density at radius 1 is 1.50 bits per heavy atom. The molecule has 2 amide bonds. The van der Waals surface area contributed by atoms with Crippen LogP contribution in [0.2, 0.25) is 0 Å². The number of ether oxygens (including phenoxy) is 1. The van der Waals surface area contributed by atoms with Crippen LogP contribution >= 0.6 is 0 Å². The topological polar surface area (TPSA) is 70.6 Å². The normalized spacial score (nSPS) is 24.1. The molecule has 1 aromatic carbocycles. The standard InChI is InChI=1S/C17H26N2O3/c1-4-22-13-7-8-14(12(2)10-13)18-16(21)19-15-6-5-9-17(15,3)11-20/h7-8,10,15,20H,4-6,9,11H2,1-3H3,(H2,18,19,21). The first kappa shape index (κ1) is 16.6. The van der Waals surface area contributed by atoms with Gasteiger partial charge in [0.1, 0.15) is 5.75 Å². The molecule has 0 aromatic heterocycles. The third-order valence-corrected chi connectivity index (χ3v) is 4.51. The first-order chi connectivity index (χ1) is 10.5. The van der Waals surface area contributed by atoms with E-state index in [1.165, 1.54) is 0 Å². The number of aliphatic hydroxyl groups excluding tert-OH is 1. The van der Waals surface area contributed by atoms with Gasteiger partial charge in [0.2, 0.25) is 0 Å². The number of aliphatic hydroxyl groups is 1. The van der Waals surface area contributed by atoms with E-state index in [0.717, 1.165) is 36.3 Å². The van der Waals surface area contributed by atoms with Gasteiger partial charge in [-0.3, -0.25) is 0 Å². The predicted molar refractivity (Wildman–Crippen MR) is 87.3 cm³/mol. The highest BCUT2D eigenvalue weighted by Gasteiger charge is 2.39. The van der Waals surface area contributed by atoms with E-state index < -0.39 is 0 Å². The Bertz CT molecular complexity index is 533. The smallest absolute Gasteiger partial charge is 0.319 e. The van der Waals surface area contributed by atoms with Gasteiger partial charge in [0, 0.05) is 17.1 Å². The molecule has 2 unspecified atom stereocenters. The van der Waals surface area contributed by atoms with Crippen LogP contribution in [0.1, 0.15) is 38.7 Å².